The largest absolute Gasteiger partial charge is 0.465 e. The molecule has 1 aliphatic heterocycles. The monoisotopic (exact) mass is 383 g/mol. The molecule has 1 fully saturated rings. The van der Waals surface area contributed by atoms with E-state index in [1.165, 1.54) is 18.2 Å². The first-order valence-corrected chi connectivity index (χ1v) is 8.06. The van der Waals surface area contributed by atoms with E-state index in [1.54, 1.807) is 0 Å². The second kappa shape index (κ2) is 6.99. The van der Waals surface area contributed by atoms with E-state index in [-0.39, 0.29) is 23.6 Å². The number of carbonyl (C=O) groups excluding carboxylic acids is 2. The van der Waals surface area contributed by atoms with E-state index >= 15 is 0 Å². The van der Waals surface area contributed by atoms with Gasteiger partial charge in [0.25, 0.3) is 0 Å². The van der Waals surface area contributed by atoms with Crippen LogP contribution in [0.3, 0.4) is 0 Å². The number of methoxy groups -OCH3 is 1. The zero-order chi connectivity index (χ0) is 19.0. The van der Waals surface area contributed by atoms with Gasteiger partial charge in [-0.1, -0.05) is 23.7 Å². The van der Waals surface area contributed by atoms with Crippen LogP contribution in [0.4, 0.5) is 18.9 Å². The maximum atomic E-state index is 14.5. The molecular weight excluding hydrogens is 371 g/mol. The van der Waals surface area contributed by atoms with Crippen molar-refractivity contribution in [2.45, 2.75) is 18.9 Å². The third kappa shape index (κ3) is 3.03. The molecule has 4 nitrogen and oxygen atoms in total. The molecule has 0 radical (unpaired) electrons. The number of hydrogen-bond donors (Lipinski definition) is 0. The maximum Gasteiger partial charge on any atom is 0.340 e. The second-order valence-electron chi connectivity index (χ2n) is 5.74. The lowest BCUT2D eigenvalue weighted by Crippen LogP contribution is -2.29. The van der Waals surface area contributed by atoms with E-state index in [9.17, 15) is 22.8 Å². The Morgan fingerprint density at radius 1 is 1.19 bits per heavy atom. The summed E-state index contributed by atoms with van der Waals surface area (Å²) in [5, 5.41) is -0.177. The van der Waals surface area contributed by atoms with Gasteiger partial charge in [-0.3, -0.25) is 4.79 Å². The summed E-state index contributed by atoms with van der Waals surface area (Å²) < 4.78 is 46.9. The Morgan fingerprint density at radius 3 is 2.62 bits per heavy atom. The van der Waals surface area contributed by atoms with Crippen molar-refractivity contribution in [3.05, 3.63) is 63.9 Å². The highest BCUT2D eigenvalue weighted by Gasteiger charge is 2.37. The normalized spacial score (nSPS) is 16.9. The van der Waals surface area contributed by atoms with Crippen molar-refractivity contribution in [2.24, 2.45) is 0 Å². The zero-order valence-corrected chi connectivity index (χ0v) is 14.3. The van der Waals surface area contributed by atoms with Gasteiger partial charge in [0, 0.05) is 12.5 Å². The van der Waals surface area contributed by atoms with Gasteiger partial charge in [-0.05, 0) is 24.1 Å². The van der Waals surface area contributed by atoms with E-state index in [1.807, 2.05) is 0 Å². The number of carbonyl (C=O) groups is 2. The predicted octanol–water partition coefficient (Wildman–Crippen LogP) is 4.41. The van der Waals surface area contributed by atoms with Crippen molar-refractivity contribution in [3.63, 3.8) is 0 Å². The highest BCUT2D eigenvalue weighted by atomic mass is 35.5. The van der Waals surface area contributed by atoms with Crippen LogP contribution >= 0.6 is 11.6 Å². The molecule has 136 valence electrons. The molecule has 0 bridgehead atoms. The van der Waals surface area contributed by atoms with Gasteiger partial charge in [0.15, 0.2) is 0 Å². The van der Waals surface area contributed by atoms with Crippen molar-refractivity contribution in [3.8, 4) is 0 Å². The number of anilines is 1. The molecule has 2 aromatic rings. The fourth-order valence-electron chi connectivity index (χ4n) is 3.05. The molecule has 0 N–H and O–H groups in total. The van der Waals surface area contributed by atoms with Crippen molar-refractivity contribution in [2.75, 3.05) is 12.0 Å². The van der Waals surface area contributed by atoms with Crippen LogP contribution in [0.15, 0.2) is 30.3 Å². The molecule has 3 rings (SSSR count). The Balaban J connectivity index is 2.09. The molecule has 0 aliphatic carbocycles. The molecule has 1 amide bonds. The topological polar surface area (TPSA) is 46.6 Å². The molecule has 1 atom stereocenters. The molecule has 0 spiro atoms. The third-order valence-electron chi connectivity index (χ3n) is 4.25. The lowest BCUT2D eigenvalue weighted by atomic mass is 10.0. The first-order chi connectivity index (χ1) is 12.3. The molecular formula is C18H13ClF3NO3. The molecule has 8 heteroatoms. The molecule has 0 aromatic heterocycles. The summed E-state index contributed by atoms with van der Waals surface area (Å²) in [6.07, 6.45) is 0.332. The average Bonchev–Trinajstić information content (AvgIpc) is 2.99. The predicted molar refractivity (Wildman–Crippen MR) is 88.6 cm³/mol. The molecule has 1 saturated heterocycles. The van der Waals surface area contributed by atoms with Crippen LogP contribution in [0, 0.1) is 17.5 Å². The highest BCUT2D eigenvalue weighted by molar-refractivity contribution is 6.31. The van der Waals surface area contributed by atoms with E-state index < -0.39 is 40.9 Å². The summed E-state index contributed by atoms with van der Waals surface area (Å²) in [7, 11) is 1.04. The number of halogens is 4. The second-order valence-corrected chi connectivity index (χ2v) is 6.11. The van der Waals surface area contributed by atoms with Gasteiger partial charge >= 0.3 is 5.97 Å². The van der Waals surface area contributed by atoms with Gasteiger partial charge in [0.05, 0.1) is 29.4 Å². The first kappa shape index (κ1) is 18.3. The number of esters is 1. The van der Waals surface area contributed by atoms with Gasteiger partial charge < -0.3 is 9.64 Å². The summed E-state index contributed by atoms with van der Waals surface area (Å²) in [4.78, 5) is 24.8. The molecule has 0 saturated carbocycles. The number of hydrogen-bond acceptors (Lipinski definition) is 3. The van der Waals surface area contributed by atoms with E-state index in [4.69, 9.17) is 11.6 Å². The van der Waals surface area contributed by atoms with Crippen LogP contribution in [-0.2, 0) is 9.53 Å². The highest BCUT2D eigenvalue weighted by Crippen LogP contribution is 2.41. The first-order valence-electron chi connectivity index (χ1n) is 7.68. The molecule has 26 heavy (non-hydrogen) atoms. The van der Waals surface area contributed by atoms with Crippen molar-refractivity contribution >= 4 is 29.2 Å². The fourth-order valence-corrected chi connectivity index (χ4v) is 3.30. The van der Waals surface area contributed by atoms with Gasteiger partial charge in [0.1, 0.15) is 17.5 Å². The van der Waals surface area contributed by atoms with Crippen LogP contribution in [-0.4, -0.2) is 19.0 Å². The molecule has 1 heterocycles. The van der Waals surface area contributed by atoms with Gasteiger partial charge in [0.2, 0.25) is 5.91 Å². The number of ether oxygens (including phenoxy) is 1. The zero-order valence-electron chi connectivity index (χ0n) is 13.6. The number of benzene rings is 2. The van der Waals surface area contributed by atoms with Crippen LogP contribution in [0.25, 0.3) is 0 Å². The van der Waals surface area contributed by atoms with Crippen molar-refractivity contribution < 1.29 is 27.5 Å². The van der Waals surface area contributed by atoms with Crippen LogP contribution in [0.1, 0.15) is 34.8 Å². The molecule has 2 aromatic carbocycles. The summed E-state index contributed by atoms with van der Waals surface area (Å²) in [5.41, 5.74) is -0.627. The maximum absolute atomic E-state index is 14.5. The number of nitrogens with zero attached hydrogens (tertiary/aromatic N) is 1. The Morgan fingerprint density at radius 2 is 1.92 bits per heavy atom. The van der Waals surface area contributed by atoms with Gasteiger partial charge in [-0.15, -0.1) is 0 Å². The third-order valence-corrected chi connectivity index (χ3v) is 4.65. The fraction of sp³-hybridized carbons (Fsp3) is 0.222. The Labute approximate surface area is 152 Å². The summed E-state index contributed by atoms with van der Waals surface area (Å²) in [6.45, 7) is 0. The minimum atomic E-state index is -1.04. The minimum absolute atomic E-state index is 0.0668. The Bertz CT molecular complexity index is 903. The SMILES string of the molecule is COC(=O)c1cc(F)c(N2C(=O)CCC2c2cccc(F)c2Cl)cc1F. The standard InChI is InChI=1S/C18H13ClF3NO3/c1-26-18(25)10-7-13(22)15(8-12(10)21)23-14(5-6-16(23)24)9-3-2-4-11(20)17(9)19/h2-4,7-8,14H,5-6H2,1H3. The van der Waals surface area contributed by atoms with Crippen LogP contribution in [0.2, 0.25) is 5.02 Å². The van der Waals surface area contributed by atoms with E-state index in [0.29, 0.717) is 11.6 Å². The quantitative estimate of drug-likeness (QED) is 0.737. The molecule has 1 unspecified atom stereocenters. The van der Waals surface area contributed by atoms with E-state index in [0.717, 1.165) is 18.1 Å². The lowest BCUT2D eigenvalue weighted by molar-refractivity contribution is -0.117. The van der Waals surface area contributed by atoms with Crippen molar-refractivity contribution in [1.29, 1.82) is 0 Å². The lowest BCUT2D eigenvalue weighted by Gasteiger charge is -2.26. The minimum Gasteiger partial charge on any atom is -0.465 e. The summed E-state index contributed by atoms with van der Waals surface area (Å²) in [5.74, 6) is -4.17. The van der Waals surface area contributed by atoms with E-state index in [2.05, 4.69) is 4.74 Å². The van der Waals surface area contributed by atoms with Crippen LogP contribution < -0.4 is 4.90 Å². The smallest absolute Gasteiger partial charge is 0.340 e. The van der Waals surface area contributed by atoms with Gasteiger partial charge in [-0.2, -0.15) is 0 Å². The Kier molecular flexibility index (Phi) is 4.91. The average molecular weight is 384 g/mol. The number of rotatable bonds is 3. The number of amides is 1. The Hall–Kier alpha value is -2.54. The molecule has 1 aliphatic rings. The summed E-state index contributed by atoms with van der Waals surface area (Å²) >= 11 is 5.99. The van der Waals surface area contributed by atoms with Crippen LogP contribution in [0.5, 0.6) is 0 Å². The van der Waals surface area contributed by atoms with Gasteiger partial charge in [-0.25, -0.2) is 18.0 Å². The van der Waals surface area contributed by atoms with Crippen molar-refractivity contribution in [1.82, 2.24) is 0 Å². The summed E-state index contributed by atoms with van der Waals surface area (Å²) in [6, 6.07) is 4.80.